The van der Waals surface area contributed by atoms with Gasteiger partial charge in [0, 0.05) is 23.1 Å². The van der Waals surface area contributed by atoms with Gasteiger partial charge in [-0.2, -0.15) is 0 Å². The Morgan fingerprint density at radius 3 is 2.32 bits per heavy atom. The van der Waals surface area contributed by atoms with Gasteiger partial charge in [-0.1, -0.05) is 19.9 Å². The maximum Gasteiger partial charge on any atom is 0.195 e. The van der Waals surface area contributed by atoms with Crippen LogP contribution in [0.15, 0.2) is 21.3 Å². The van der Waals surface area contributed by atoms with Gasteiger partial charge in [-0.15, -0.1) is 0 Å². The first-order valence-corrected chi connectivity index (χ1v) is 6.66. The largest absolute Gasteiger partial charge is 0.460 e. The molecule has 19 heavy (non-hydrogen) atoms. The molecule has 1 atom stereocenters. The zero-order chi connectivity index (χ0) is 14.3. The highest BCUT2D eigenvalue weighted by Crippen LogP contribution is 2.28. The Hall–Kier alpha value is -1.61. The van der Waals surface area contributed by atoms with Crippen LogP contribution in [0, 0.1) is 13.8 Å². The Balaban J connectivity index is 2.97. The zero-order valence-electron chi connectivity index (χ0n) is 12.2. The average molecular weight is 259 g/mol. The molecule has 0 aliphatic rings. The van der Waals surface area contributed by atoms with Crippen molar-refractivity contribution in [3.05, 3.63) is 44.8 Å². The maximum atomic E-state index is 12.5. The van der Waals surface area contributed by atoms with Gasteiger partial charge in [0.15, 0.2) is 5.43 Å². The summed E-state index contributed by atoms with van der Waals surface area (Å²) in [5.41, 5.74) is 9.32. The Kier molecular flexibility index (Phi) is 3.50. The van der Waals surface area contributed by atoms with Crippen LogP contribution in [0.3, 0.4) is 0 Å². The number of hydrogen-bond acceptors (Lipinski definition) is 3. The molecular formula is C16H21NO2. The molecule has 0 aliphatic heterocycles. The summed E-state index contributed by atoms with van der Waals surface area (Å²) in [7, 11) is 0. The first-order chi connectivity index (χ1) is 8.82. The van der Waals surface area contributed by atoms with Crippen LogP contribution < -0.4 is 11.2 Å². The molecule has 0 amide bonds. The summed E-state index contributed by atoms with van der Waals surface area (Å²) >= 11 is 0. The summed E-state index contributed by atoms with van der Waals surface area (Å²) in [6, 6.07) is 3.72. The van der Waals surface area contributed by atoms with E-state index in [1.54, 1.807) is 0 Å². The highest BCUT2D eigenvalue weighted by molar-refractivity contribution is 5.82. The van der Waals surface area contributed by atoms with Crippen molar-refractivity contribution >= 4 is 11.0 Å². The summed E-state index contributed by atoms with van der Waals surface area (Å²) in [6.07, 6.45) is 0. The molecule has 3 nitrogen and oxygen atoms in total. The number of nitrogens with two attached hydrogens (primary N) is 1. The van der Waals surface area contributed by atoms with Gasteiger partial charge in [-0.25, -0.2) is 0 Å². The van der Waals surface area contributed by atoms with Gasteiger partial charge in [-0.05, 0) is 32.4 Å². The van der Waals surface area contributed by atoms with Gasteiger partial charge in [0.2, 0.25) is 0 Å². The summed E-state index contributed by atoms with van der Waals surface area (Å²) < 4.78 is 6.00. The fraction of sp³-hybridized carbons (Fsp3) is 0.438. The zero-order valence-corrected chi connectivity index (χ0v) is 12.2. The third-order valence-electron chi connectivity index (χ3n) is 3.44. The molecule has 2 N–H and O–H groups in total. The number of aryl methyl sites for hydroxylation is 1. The van der Waals surface area contributed by atoms with Crippen molar-refractivity contribution in [1.82, 2.24) is 0 Å². The van der Waals surface area contributed by atoms with Crippen molar-refractivity contribution in [2.75, 3.05) is 0 Å². The van der Waals surface area contributed by atoms with Crippen LogP contribution >= 0.6 is 0 Å². The molecule has 0 radical (unpaired) electrons. The van der Waals surface area contributed by atoms with Crippen LogP contribution in [0.4, 0.5) is 0 Å². The number of rotatable bonds is 2. The minimum absolute atomic E-state index is 0.0514. The van der Waals surface area contributed by atoms with Gasteiger partial charge in [-0.3, -0.25) is 4.79 Å². The minimum atomic E-state index is -0.159. The standard InChI is InChI=1S/C16H21NO2/c1-8(2)15-10(4)14(18)13-7-9(3)6-12(11(5)17)16(13)19-15/h6-8,11H,17H2,1-5H3. The minimum Gasteiger partial charge on any atom is -0.460 e. The van der Waals surface area contributed by atoms with E-state index in [9.17, 15) is 4.79 Å². The summed E-state index contributed by atoms with van der Waals surface area (Å²) in [5, 5.41) is 0.634. The molecule has 1 aromatic carbocycles. The molecular weight excluding hydrogens is 238 g/mol. The number of fused-ring (bicyclic) bond motifs is 1. The highest BCUT2D eigenvalue weighted by atomic mass is 16.3. The van der Waals surface area contributed by atoms with Crippen molar-refractivity contribution in [3.63, 3.8) is 0 Å². The number of hydrogen-bond donors (Lipinski definition) is 1. The lowest BCUT2D eigenvalue weighted by Gasteiger charge is -2.14. The molecule has 0 saturated carbocycles. The molecule has 102 valence electrons. The SMILES string of the molecule is Cc1cc(C(C)N)c2oc(C(C)C)c(C)c(=O)c2c1. The lowest BCUT2D eigenvalue weighted by molar-refractivity contribution is 0.498. The van der Waals surface area contributed by atoms with Crippen LogP contribution in [0.5, 0.6) is 0 Å². The predicted octanol–water partition coefficient (Wildman–Crippen LogP) is 3.55. The molecule has 0 fully saturated rings. The highest BCUT2D eigenvalue weighted by Gasteiger charge is 2.17. The fourth-order valence-electron chi connectivity index (χ4n) is 2.47. The quantitative estimate of drug-likeness (QED) is 0.897. The second kappa shape index (κ2) is 4.82. The molecule has 0 bridgehead atoms. The van der Waals surface area contributed by atoms with Gasteiger partial charge in [0.05, 0.1) is 5.39 Å². The van der Waals surface area contributed by atoms with E-state index in [4.69, 9.17) is 10.2 Å². The van der Waals surface area contributed by atoms with Gasteiger partial charge in [0.1, 0.15) is 11.3 Å². The first-order valence-electron chi connectivity index (χ1n) is 6.66. The van der Waals surface area contributed by atoms with Crippen LogP contribution in [-0.4, -0.2) is 0 Å². The lowest BCUT2D eigenvalue weighted by Crippen LogP contribution is -2.13. The fourth-order valence-corrected chi connectivity index (χ4v) is 2.47. The Morgan fingerprint density at radius 2 is 1.79 bits per heavy atom. The van der Waals surface area contributed by atoms with E-state index in [0.29, 0.717) is 16.5 Å². The van der Waals surface area contributed by atoms with Gasteiger partial charge >= 0.3 is 0 Å². The van der Waals surface area contributed by atoms with Crippen molar-refractivity contribution < 1.29 is 4.42 Å². The molecule has 1 heterocycles. The van der Waals surface area contributed by atoms with E-state index >= 15 is 0 Å². The molecule has 0 aliphatic carbocycles. The van der Waals surface area contributed by atoms with E-state index in [1.165, 1.54) is 0 Å². The molecule has 1 aromatic heterocycles. The van der Waals surface area contributed by atoms with Crippen LogP contribution in [-0.2, 0) is 0 Å². The third-order valence-corrected chi connectivity index (χ3v) is 3.44. The van der Waals surface area contributed by atoms with Crippen molar-refractivity contribution in [2.45, 2.75) is 46.6 Å². The second-order valence-corrected chi connectivity index (χ2v) is 5.59. The Bertz CT molecular complexity index is 681. The van der Waals surface area contributed by atoms with Gasteiger partial charge in [0.25, 0.3) is 0 Å². The average Bonchev–Trinajstić information content (AvgIpc) is 2.32. The van der Waals surface area contributed by atoms with Crippen LogP contribution in [0.25, 0.3) is 11.0 Å². The summed E-state index contributed by atoms with van der Waals surface area (Å²) in [4.78, 5) is 12.5. The van der Waals surface area contributed by atoms with Crippen molar-refractivity contribution in [1.29, 1.82) is 0 Å². The molecule has 1 unspecified atom stereocenters. The summed E-state index contributed by atoms with van der Waals surface area (Å²) in [6.45, 7) is 9.75. The van der Waals surface area contributed by atoms with E-state index in [-0.39, 0.29) is 17.4 Å². The van der Waals surface area contributed by atoms with E-state index in [1.807, 2.05) is 46.8 Å². The number of benzene rings is 1. The molecule has 3 heteroatoms. The molecule has 0 saturated heterocycles. The van der Waals surface area contributed by atoms with Crippen LogP contribution in [0.1, 0.15) is 55.2 Å². The maximum absolute atomic E-state index is 12.5. The Labute approximate surface area is 113 Å². The Morgan fingerprint density at radius 1 is 1.16 bits per heavy atom. The van der Waals surface area contributed by atoms with E-state index < -0.39 is 0 Å². The first kappa shape index (κ1) is 13.8. The van der Waals surface area contributed by atoms with E-state index in [2.05, 4.69) is 0 Å². The van der Waals surface area contributed by atoms with Crippen LogP contribution in [0.2, 0.25) is 0 Å². The molecule has 2 rings (SSSR count). The monoisotopic (exact) mass is 259 g/mol. The second-order valence-electron chi connectivity index (χ2n) is 5.59. The smallest absolute Gasteiger partial charge is 0.195 e. The lowest BCUT2D eigenvalue weighted by atomic mass is 9.99. The third kappa shape index (κ3) is 2.30. The predicted molar refractivity (Wildman–Crippen MR) is 78.6 cm³/mol. The molecule has 2 aromatic rings. The van der Waals surface area contributed by atoms with Crippen molar-refractivity contribution in [3.8, 4) is 0 Å². The van der Waals surface area contributed by atoms with E-state index in [0.717, 1.165) is 16.9 Å². The summed E-state index contributed by atoms with van der Waals surface area (Å²) in [5.74, 6) is 0.933. The topological polar surface area (TPSA) is 56.2 Å². The van der Waals surface area contributed by atoms with Gasteiger partial charge < -0.3 is 10.2 Å². The van der Waals surface area contributed by atoms with Crippen molar-refractivity contribution in [2.24, 2.45) is 5.73 Å². The molecule has 0 spiro atoms. The normalized spacial score (nSPS) is 13.2.